The van der Waals surface area contributed by atoms with Crippen LogP contribution in [-0.2, 0) is 15.5 Å². The Balaban J connectivity index is 3.06. The zero-order valence-electron chi connectivity index (χ0n) is 8.86. The Morgan fingerprint density at radius 2 is 2.07 bits per heavy atom. The molecule has 4 heteroatoms. The lowest BCUT2D eigenvalue weighted by Gasteiger charge is -2.06. The summed E-state index contributed by atoms with van der Waals surface area (Å²) in [5.74, 6) is 0.128. The molecule has 0 aliphatic carbocycles. The molecule has 0 amide bonds. The Bertz CT molecular complexity index is 374. The van der Waals surface area contributed by atoms with Crippen LogP contribution in [0.4, 0.5) is 0 Å². The summed E-state index contributed by atoms with van der Waals surface area (Å²) >= 11 is 0. The normalized spacial score (nSPS) is 12.1. The number of carbonyl (C=O) groups is 1. The Morgan fingerprint density at radius 3 is 2.67 bits per heavy atom. The van der Waals surface area contributed by atoms with Crippen LogP contribution in [0.3, 0.4) is 0 Å². The van der Waals surface area contributed by atoms with E-state index in [1.54, 1.807) is 24.3 Å². The Kier molecular flexibility index (Phi) is 4.49. The van der Waals surface area contributed by atoms with E-state index in [2.05, 4.69) is 4.74 Å². The van der Waals surface area contributed by atoms with Gasteiger partial charge in [0.05, 0.1) is 28.4 Å². The standard InChI is InChI=1S/C11H14O3S/c1-3-8-15(13)10-7-5-4-6-9(10)11(12)14-2/h4-7H,3,8H2,1-2H3/t15-/m1/s1. The van der Waals surface area contributed by atoms with E-state index in [4.69, 9.17) is 0 Å². The topological polar surface area (TPSA) is 43.4 Å². The predicted molar refractivity (Wildman–Crippen MR) is 59.3 cm³/mol. The van der Waals surface area contributed by atoms with Crippen molar-refractivity contribution in [3.63, 3.8) is 0 Å². The van der Waals surface area contributed by atoms with Crippen LogP contribution >= 0.6 is 0 Å². The SMILES string of the molecule is CCC[S@@](=O)c1ccccc1C(=O)OC. The first kappa shape index (κ1) is 11.9. The van der Waals surface area contributed by atoms with Crippen molar-refractivity contribution in [3.8, 4) is 0 Å². The quantitative estimate of drug-likeness (QED) is 0.737. The van der Waals surface area contributed by atoms with Crippen molar-refractivity contribution in [2.24, 2.45) is 0 Å². The Labute approximate surface area is 91.9 Å². The first-order valence-corrected chi connectivity index (χ1v) is 6.08. The molecule has 1 atom stereocenters. The molecule has 0 radical (unpaired) electrons. The molecule has 0 N–H and O–H groups in total. The number of ether oxygens (including phenoxy) is 1. The monoisotopic (exact) mass is 226 g/mol. The molecule has 0 bridgehead atoms. The minimum atomic E-state index is -1.12. The average molecular weight is 226 g/mol. The molecule has 82 valence electrons. The molecule has 0 spiro atoms. The first-order valence-electron chi connectivity index (χ1n) is 4.76. The van der Waals surface area contributed by atoms with Crippen LogP contribution in [0.1, 0.15) is 23.7 Å². The molecule has 15 heavy (non-hydrogen) atoms. The molecular formula is C11H14O3S. The highest BCUT2D eigenvalue weighted by Gasteiger charge is 2.14. The summed E-state index contributed by atoms with van der Waals surface area (Å²) in [6.07, 6.45) is 0.822. The van der Waals surface area contributed by atoms with Gasteiger partial charge in [-0.25, -0.2) is 4.79 Å². The highest BCUT2D eigenvalue weighted by Crippen LogP contribution is 2.15. The largest absolute Gasteiger partial charge is 0.465 e. The van der Waals surface area contributed by atoms with Crippen molar-refractivity contribution in [2.75, 3.05) is 12.9 Å². The summed E-state index contributed by atoms with van der Waals surface area (Å²) in [7, 11) is 0.203. The van der Waals surface area contributed by atoms with Gasteiger partial charge in [0.25, 0.3) is 0 Å². The third-order valence-corrected chi connectivity index (χ3v) is 3.55. The molecule has 0 aliphatic heterocycles. The fourth-order valence-electron chi connectivity index (χ4n) is 1.24. The zero-order valence-corrected chi connectivity index (χ0v) is 9.67. The number of methoxy groups -OCH3 is 1. The van der Waals surface area contributed by atoms with Crippen molar-refractivity contribution in [1.82, 2.24) is 0 Å². The molecule has 0 aliphatic rings. The molecule has 0 heterocycles. The second kappa shape index (κ2) is 5.66. The predicted octanol–water partition coefficient (Wildman–Crippen LogP) is 1.99. The lowest BCUT2D eigenvalue weighted by atomic mass is 10.2. The van der Waals surface area contributed by atoms with Gasteiger partial charge in [-0.1, -0.05) is 19.1 Å². The van der Waals surface area contributed by atoms with Gasteiger partial charge in [-0.05, 0) is 18.6 Å². The minimum absolute atomic E-state index is 0.395. The highest BCUT2D eigenvalue weighted by molar-refractivity contribution is 7.85. The number of hydrogen-bond donors (Lipinski definition) is 0. The van der Waals surface area contributed by atoms with E-state index in [0.717, 1.165) is 6.42 Å². The molecule has 1 rings (SSSR count). The van der Waals surface area contributed by atoms with Crippen molar-refractivity contribution in [3.05, 3.63) is 29.8 Å². The van der Waals surface area contributed by atoms with E-state index < -0.39 is 16.8 Å². The van der Waals surface area contributed by atoms with Gasteiger partial charge in [0.2, 0.25) is 0 Å². The van der Waals surface area contributed by atoms with Gasteiger partial charge < -0.3 is 4.74 Å². The van der Waals surface area contributed by atoms with E-state index in [9.17, 15) is 9.00 Å². The van der Waals surface area contributed by atoms with Crippen LogP contribution in [0.5, 0.6) is 0 Å². The molecule has 0 saturated carbocycles. The van der Waals surface area contributed by atoms with Gasteiger partial charge in [0, 0.05) is 5.75 Å². The molecule has 3 nitrogen and oxygen atoms in total. The second-order valence-corrected chi connectivity index (χ2v) is 4.58. The van der Waals surface area contributed by atoms with E-state index >= 15 is 0 Å². The van der Waals surface area contributed by atoms with E-state index in [1.807, 2.05) is 6.92 Å². The number of esters is 1. The number of hydrogen-bond acceptors (Lipinski definition) is 3. The van der Waals surface area contributed by atoms with Crippen LogP contribution in [0.15, 0.2) is 29.2 Å². The van der Waals surface area contributed by atoms with Gasteiger partial charge >= 0.3 is 5.97 Å². The van der Waals surface area contributed by atoms with Gasteiger partial charge in [-0.15, -0.1) is 0 Å². The lowest BCUT2D eigenvalue weighted by Crippen LogP contribution is -2.08. The zero-order chi connectivity index (χ0) is 11.3. The van der Waals surface area contributed by atoms with Gasteiger partial charge in [-0.2, -0.15) is 0 Å². The van der Waals surface area contributed by atoms with E-state index in [1.165, 1.54) is 7.11 Å². The molecule has 0 aromatic heterocycles. The van der Waals surface area contributed by atoms with Crippen LogP contribution in [0.2, 0.25) is 0 Å². The molecular weight excluding hydrogens is 212 g/mol. The minimum Gasteiger partial charge on any atom is -0.465 e. The van der Waals surface area contributed by atoms with Crippen molar-refractivity contribution >= 4 is 16.8 Å². The van der Waals surface area contributed by atoms with Crippen LogP contribution in [0.25, 0.3) is 0 Å². The maximum Gasteiger partial charge on any atom is 0.339 e. The average Bonchev–Trinajstić information content (AvgIpc) is 2.28. The van der Waals surface area contributed by atoms with E-state index in [-0.39, 0.29) is 0 Å². The van der Waals surface area contributed by atoms with Crippen molar-refractivity contribution in [1.29, 1.82) is 0 Å². The Hall–Kier alpha value is -1.16. The fourth-order valence-corrected chi connectivity index (χ4v) is 2.46. The van der Waals surface area contributed by atoms with Crippen LogP contribution < -0.4 is 0 Å². The summed E-state index contributed by atoms with van der Waals surface area (Å²) in [5.41, 5.74) is 0.395. The van der Waals surface area contributed by atoms with E-state index in [0.29, 0.717) is 16.2 Å². The molecule has 1 aromatic carbocycles. The maximum atomic E-state index is 11.8. The summed E-state index contributed by atoms with van der Waals surface area (Å²) in [6.45, 7) is 1.96. The third kappa shape index (κ3) is 2.89. The van der Waals surface area contributed by atoms with Crippen LogP contribution in [-0.4, -0.2) is 23.0 Å². The smallest absolute Gasteiger partial charge is 0.339 e. The molecule has 0 saturated heterocycles. The maximum absolute atomic E-state index is 11.8. The number of rotatable bonds is 4. The number of benzene rings is 1. The summed E-state index contributed by atoms with van der Waals surface area (Å²) < 4.78 is 16.4. The van der Waals surface area contributed by atoms with Gasteiger partial charge in [-0.3, -0.25) is 4.21 Å². The molecule has 0 unspecified atom stereocenters. The number of carbonyl (C=O) groups excluding carboxylic acids is 1. The van der Waals surface area contributed by atoms with Crippen molar-refractivity contribution < 1.29 is 13.7 Å². The van der Waals surface area contributed by atoms with Crippen LogP contribution in [0, 0.1) is 0 Å². The first-order chi connectivity index (χ1) is 7.20. The second-order valence-electron chi connectivity index (χ2n) is 3.04. The lowest BCUT2D eigenvalue weighted by molar-refractivity contribution is 0.0596. The molecule has 0 fully saturated rings. The third-order valence-electron chi connectivity index (χ3n) is 1.93. The van der Waals surface area contributed by atoms with Crippen molar-refractivity contribution in [2.45, 2.75) is 18.2 Å². The Morgan fingerprint density at radius 1 is 1.40 bits per heavy atom. The summed E-state index contributed by atoms with van der Waals surface area (Å²) in [4.78, 5) is 11.9. The summed E-state index contributed by atoms with van der Waals surface area (Å²) in [5, 5.41) is 0. The highest BCUT2D eigenvalue weighted by atomic mass is 32.2. The van der Waals surface area contributed by atoms with Gasteiger partial charge in [0.15, 0.2) is 0 Å². The fraction of sp³-hybridized carbons (Fsp3) is 0.364. The summed E-state index contributed by atoms with van der Waals surface area (Å²) in [6, 6.07) is 6.85. The van der Waals surface area contributed by atoms with Gasteiger partial charge in [0.1, 0.15) is 0 Å². The molecule has 1 aromatic rings.